The molecule has 57 valence electrons. The van der Waals surface area contributed by atoms with Gasteiger partial charge in [0.1, 0.15) is 6.10 Å². The highest BCUT2D eigenvalue weighted by molar-refractivity contribution is 5.91. The van der Waals surface area contributed by atoms with Crippen molar-refractivity contribution in [2.45, 2.75) is 13.0 Å². The summed E-state index contributed by atoms with van der Waals surface area (Å²) in [7, 11) is 0. The summed E-state index contributed by atoms with van der Waals surface area (Å²) in [6.07, 6.45) is 0.465. The molecule has 0 fully saturated rings. The normalized spacial score (nSPS) is 15.9. The number of hydrogen-bond acceptors (Lipinski definition) is 3. The van der Waals surface area contributed by atoms with Crippen molar-refractivity contribution < 1.29 is 14.9 Å². The fourth-order valence-electron chi connectivity index (χ4n) is 0.460. The molecule has 2 unspecified atom stereocenters. The van der Waals surface area contributed by atoms with Gasteiger partial charge in [-0.25, -0.2) is 4.89 Å². The van der Waals surface area contributed by atoms with E-state index in [0.717, 1.165) is 0 Å². The van der Waals surface area contributed by atoms with Gasteiger partial charge in [-0.05, 0) is 13.0 Å². The summed E-state index contributed by atoms with van der Waals surface area (Å²) in [4.78, 5) is 14.6. The molecule has 3 nitrogen and oxygen atoms in total. The maximum Gasteiger partial charge on any atom is 0.160 e. The Kier molecular flexibility index (Phi) is 3.91. The number of carbonyl (C=O) groups excluding carboxylic acids is 1. The molecule has 0 spiro atoms. The van der Waals surface area contributed by atoms with Crippen LogP contribution in [0, 0.1) is 12.8 Å². The molecule has 0 aliphatic heterocycles. The first-order chi connectivity index (χ1) is 4.63. The van der Waals surface area contributed by atoms with Gasteiger partial charge in [0.25, 0.3) is 0 Å². The van der Waals surface area contributed by atoms with Crippen LogP contribution in [0.1, 0.15) is 6.92 Å². The van der Waals surface area contributed by atoms with Crippen molar-refractivity contribution in [3.05, 3.63) is 19.6 Å². The molecular weight excluding hydrogens is 132 g/mol. The Labute approximate surface area is 60.2 Å². The molecule has 2 atom stereocenters. The lowest BCUT2D eigenvalue weighted by molar-refractivity contribution is -0.274. The summed E-state index contributed by atoms with van der Waals surface area (Å²) in [5.74, 6) is -0.628. The highest BCUT2D eigenvalue weighted by Gasteiger charge is 2.17. The van der Waals surface area contributed by atoms with E-state index < -0.39 is 12.0 Å². The van der Waals surface area contributed by atoms with Gasteiger partial charge >= 0.3 is 0 Å². The SMILES string of the molecule is [CH2]C(OO)C(C)C(=O)C=C. The Morgan fingerprint density at radius 1 is 1.80 bits per heavy atom. The molecule has 1 N–H and O–H groups in total. The summed E-state index contributed by atoms with van der Waals surface area (Å²) < 4.78 is 0. The minimum absolute atomic E-state index is 0.186. The summed E-state index contributed by atoms with van der Waals surface area (Å²) in [5, 5.41) is 8.10. The summed E-state index contributed by atoms with van der Waals surface area (Å²) in [6.45, 7) is 8.28. The summed E-state index contributed by atoms with van der Waals surface area (Å²) in [6, 6.07) is 0. The van der Waals surface area contributed by atoms with E-state index >= 15 is 0 Å². The number of carbonyl (C=O) groups is 1. The molecule has 0 heterocycles. The van der Waals surface area contributed by atoms with E-state index in [1.807, 2.05) is 0 Å². The summed E-state index contributed by atoms with van der Waals surface area (Å²) in [5.41, 5.74) is 0. The van der Waals surface area contributed by atoms with Gasteiger partial charge in [-0.2, -0.15) is 0 Å². The third kappa shape index (κ3) is 2.29. The van der Waals surface area contributed by atoms with Crippen molar-refractivity contribution in [1.82, 2.24) is 0 Å². The average Bonchev–Trinajstić information content (AvgIpc) is 2.00. The van der Waals surface area contributed by atoms with Gasteiger partial charge in [0.15, 0.2) is 5.78 Å². The molecule has 3 heteroatoms. The Balaban J connectivity index is 3.93. The van der Waals surface area contributed by atoms with Crippen molar-refractivity contribution in [1.29, 1.82) is 0 Å². The van der Waals surface area contributed by atoms with Gasteiger partial charge in [0, 0.05) is 5.92 Å². The fraction of sp³-hybridized carbons (Fsp3) is 0.429. The van der Waals surface area contributed by atoms with Crippen LogP contribution in [-0.2, 0) is 9.68 Å². The van der Waals surface area contributed by atoms with E-state index in [9.17, 15) is 4.79 Å². The molecule has 0 aromatic heterocycles. The monoisotopic (exact) mass is 143 g/mol. The second-order valence-corrected chi connectivity index (χ2v) is 2.04. The number of allylic oxidation sites excluding steroid dienone is 1. The van der Waals surface area contributed by atoms with Gasteiger partial charge in [-0.3, -0.25) is 10.1 Å². The molecule has 0 aromatic rings. The van der Waals surface area contributed by atoms with Gasteiger partial charge in [0.05, 0.1) is 0 Å². The Hall–Kier alpha value is -0.670. The van der Waals surface area contributed by atoms with Crippen LogP contribution in [0.3, 0.4) is 0 Å². The van der Waals surface area contributed by atoms with Crippen LogP contribution in [0.25, 0.3) is 0 Å². The van der Waals surface area contributed by atoms with E-state index in [2.05, 4.69) is 18.4 Å². The third-order valence-electron chi connectivity index (χ3n) is 1.34. The number of hydrogen-bond donors (Lipinski definition) is 1. The zero-order chi connectivity index (χ0) is 8.15. The van der Waals surface area contributed by atoms with Crippen LogP contribution < -0.4 is 0 Å². The topological polar surface area (TPSA) is 46.5 Å². The molecule has 0 bridgehead atoms. The van der Waals surface area contributed by atoms with Crippen molar-refractivity contribution in [3.63, 3.8) is 0 Å². The molecule has 10 heavy (non-hydrogen) atoms. The van der Waals surface area contributed by atoms with Crippen LogP contribution in [0.2, 0.25) is 0 Å². The predicted molar refractivity (Wildman–Crippen MR) is 37.2 cm³/mol. The van der Waals surface area contributed by atoms with Gasteiger partial charge in [-0.15, -0.1) is 0 Å². The second kappa shape index (κ2) is 4.19. The minimum Gasteiger partial charge on any atom is -0.294 e. The molecule has 0 aromatic carbocycles. The number of ketones is 1. The highest BCUT2D eigenvalue weighted by atomic mass is 17.1. The highest BCUT2D eigenvalue weighted by Crippen LogP contribution is 2.06. The predicted octanol–water partition coefficient (Wildman–Crippen LogP) is 1.07. The van der Waals surface area contributed by atoms with Crippen LogP contribution in [0.4, 0.5) is 0 Å². The van der Waals surface area contributed by atoms with E-state index in [0.29, 0.717) is 0 Å². The molecule has 0 saturated carbocycles. The molecule has 0 aliphatic carbocycles. The lowest BCUT2D eigenvalue weighted by atomic mass is 10.0. The molecule has 1 radical (unpaired) electrons. The third-order valence-corrected chi connectivity index (χ3v) is 1.34. The maximum absolute atomic E-state index is 10.8. The summed E-state index contributed by atoms with van der Waals surface area (Å²) >= 11 is 0. The number of rotatable bonds is 4. The molecular formula is C7H11O3. The first-order valence-electron chi connectivity index (χ1n) is 2.93. The Bertz CT molecular complexity index is 131. The quantitative estimate of drug-likeness (QED) is 0.364. The Morgan fingerprint density at radius 3 is 2.60 bits per heavy atom. The second-order valence-electron chi connectivity index (χ2n) is 2.04. The van der Waals surface area contributed by atoms with Crippen molar-refractivity contribution in [2.24, 2.45) is 5.92 Å². The van der Waals surface area contributed by atoms with Crippen molar-refractivity contribution in [2.75, 3.05) is 0 Å². The van der Waals surface area contributed by atoms with Crippen LogP contribution in [-0.4, -0.2) is 17.1 Å². The average molecular weight is 143 g/mol. The van der Waals surface area contributed by atoms with Gasteiger partial charge in [0.2, 0.25) is 0 Å². The molecule has 0 rings (SSSR count). The lowest BCUT2D eigenvalue weighted by Crippen LogP contribution is -2.23. The zero-order valence-corrected chi connectivity index (χ0v) is 5.91. The molecule has 0 amide bonds. The van der Waals surface area contributed by atoms with E-state index in [1.165, 1.54) is 6.08 Å². The minimum atomic E-state index is -0.717. The molecule has 0 saturated heterocycles. The largest absolute Gasteiger partial charge is 0.294 e. The van der Waals surface area contributed by atoms with E-state index in [1.54, 1.807) is 6.92 Å². The fourth-order valence-corrected chi connectivity index (χ4v) is 0.460. The first kappa shape index (κ1) is 9.33. The zero-order valence-electron chi connectivity index (χ0n) is 5.91. The van der Waals surface area contributed by atoms with E-state index in [4.69, 9.17) is 5.26 Å². The van der Waals surface area contributed by atoms with Crippen molar-refractivity contribution >= 4 is 5.78 Å². The van der Waals surface area contributed by atoms with Crippen molar-refractivity contribution in [3.8, 4) is 0 Å². The first-order valence-corrected chi connectivity index (χ1v) is 2.93. The lowest BCUT2D eigenvalue weighted by Gasteiger charge is -2.12. The van der Waals surface area contributed by atoms with Gasteiger partial charge in [-0.1, -0.05) is 13.5 Å². The van der Waals surface area contributed by atoms with Crippen LogP contribution in [0.15, 0.2) is 12.7 Å². The van der Waals surface area contributed by atoms with E-state index in [-0.39, 0.29) is 5.78 Å². The Morgan fingerprint density at radius 2 is 2.30 bits per heavy atom. The maximum atomic E-state index is 10.8. The standard InChI is InChI=1S/C7H11O3/c1-4-7(8)5(2)6(3)10-9/h4-6,9H,1,3H2,2H3. The van der Waals surface area contributed by atoms with Gasteiger partial charge < -0.3 is 0 Å². The smallest absolute Gasteiger partial charge is 0.160 e. The molecule has 0 aliphatic rings. The van der Waals surface area contributed by atoms with Crippen LogP contribution >= 0.6 is 0 Å². The van der Waals surface area contributed by atoms with Crippen LogP contribution in [0.5, 0.6) is 0 Å².